The molecule has 3 amide bonds. The number of amides is 3. The van der Waals surface area contributed by atoms with Gasteiger partial charge in [0.15, 0.2) is 0 Å². The first-order valence-corrected chi connectivity index (χ1v) is 9.54. The summed E-state index contributed by atoms with van der Waals surface area (Å²) < 4.78 is 0. The van der Waals surface area contributed by atoms with Crippen LogP contribution in [0.2, 0.25) is 0 Å². The number of carboxylic acid groups (broad SMARTS) is 1. The Morgan fingerprint density at radius 3 is 2.63 bits per heavy atom. The molecule has 1 fully saturated rings. The first-order valence-electron chi connectivity index (χ1n) is 9.54. The molecular weight excluding hydrogens is 346 g/mol. The third-order valence-electron chi connectivity index (χ3n) is 5.39. The molecule has 3 rings (SSSR count). The summed E-state index contributed by atoms with van der Waals surface area (Å²) in [5.74, 6) is -1.28. The highest BCUT2D eigenvalue weighted by Crippen LogP contribution is 2.22. The van der Waals surface area contributed by atoms with Gasteiger partial charge in [-0.25, -0.2) is 4.79 Å². The summed E-state index contributed by atoms with van der Waals surface area (Å²) in [6.07, 6.45) is 1.63. The van der Waals surface area contributed by atoms with E-state index in [1.165, 1.54) is 5.56 Å². The number of hydrogen-bond donors (Lipinski definition) is 2. The van der Waals surface area contributed by atoms with Crippen LogP contribution in [0, 0.1) is 11.8 Å². The maximum Gasteiger partial charge on any atom is 0.317 e. The summed E-state index contributed by atoms with van der Waals surface area (Å²) in [7, 11) is 0. The number of hydrogen-bond acceptors (Lipinski definition) is 3. The lowest BCUT2D eigenvalue weighted by molar-refractivity contribution is -0.146. The molecule has 2 atom stereocenters. The number of carbonyl (C=O) groups is 3. The molecule has 2 aliphatic heterocycles. The van der Waals surface area contributed by atoms with Gasteiger partial charge in [-0.3, -0.25) is 9.59 Å². The zero-order valence-corrected chi connectivity index (χ0v) is 15.7. The third-order valence-corrected chi connectivity index (χ3v) is 5.39. The van der Waals surface area contributed by atoms with E-state index in [4.69, 9.17) is 0 Å². The fraction of sp³-hybridized carbons (Fsp3) is 0.550. The molecule has 0 aromatic heterocycles. The van der Waals surface area contributed by atoms with Crippen LogP contribution in [0.4, 0.5) is 4.79 Å². The molecule has 7 heteroatoms. The van der Waals surface area contributed by atoms with Gasteiger partial charge in [-0.15, -0.1) is 0 Å². The van der Waals surface area contributed by atoms with Crippen molar-refractivity contribution in [3.8, 4) is 0 Å². The van der Waals surface area contributed by atoms with Crippen LogP contribution in [-0.2, 0) is 22.6 Å². The van der Waals surface area contributed by atoms with Gasteiger partial charge in [-0.2, -0.15) is 0 Å². The monoisotopic (exact) mass is 373 g/mol. The number of piperidine rings is 1. The summed E-state index contributed by atoms with van der Waals surface area (Å²) >= 11 is 0. The maximum atomic E-state index is 12.4. The Morgan fingerprint density at radius 1 is 1.15 bits per heavy atom. The number of nitrogens with zero attached hydrogens (tertiary/aromatic N) is 2. The molecule has 0 saturated carbocycles. The second-order valence-electron chi connectivity index (χ2n) is 7.60. The van der Waals surface area contributed by atoms with Crippen LogP contribution in [0.5, 0.6) is 0 Å². The Balaban J connectivity index is 1.45. The fourth-order valence-electron chi connectivity index (χ4n) is 3.95. The Kier molecular flexibility index (Phi) is 5.98. The number of rotatable bonds is 4. The van der Waals surface area contributed by atoms with E-state index >= 15 is 0 Å². The summed E-state index contributed by atoms with van der Waals surface area (Å²) in [6.45, 7) is 4.32. The van der Waals surface area contributed by atoms with Gasteiger partial charge in [0.2, 0.25) is 5.91 Å². The normalized spacial score (nSPS) is 22.1. The van der Waals surface area contributed by atoms with Gasteiger partial charge in [-0.05, 0) is 29.9 Å². The quantitative estimate of drug-likeness (QED) is 0.841. The van der Waals surface area contributed by atoms with Crippen LogP contribution in [0.1, 0.15) is 30.9 Å². The second-order valence-corrected chi connectivity index (χ2v) is 7.60. The van der Waals surface area contributed by atoms with Gasteiger partial charge in [0.1, 0.15) is 0 Å². The van der Waals surface area contributed by atoms with E-state index in [1.807, 2.05) is 25.1 Å². The number of benzene rings is 1. The Bertz CT molecular complexity index is 721. The van der Waals surface area contributed by atoms with Crippen LogP contribution >= 0.6 is 0 Å². The lowest BCUT2D eigenvalue weighted by atomic mass is 9.90. The highest BCUT2D eigenvalue weighted by molar-refractivity contribution is 5.79. The standard InChI is InChI=1S/C20H27N3O4/c1-14-10-17(19(25)26)13-23(11-14)18(24)6-8-21-20(27)22-9-7-15-4-2-3-5-16(15)12-22/h2-5,14,17H,6-13H2,1H3,(H,21,27)(H,25,26). The highest BCUT2D eigenvalue weighted by Gasteiger charge is 2.31. The van der Waals surface area contributed by atoms with Crippen LogP contribution in [-0.4, -0.2) is 59.0 Å². The third kappa shape index (κ3) is 4.78. The molecule has 2 N–H and O–H groups in total. The molecule has 1 aromatic carbocycles. The van der Waals surface area contributed by atoms with Crippen molar-refractivity contribution in [3.05, 3.63) is 35.4 Å². The van der Waals surface area contributed by atoms with Gasteiger partial charge >= 0.3 is 12.0 Å². The lowest BCUT2D eigenvalue weighted by Gasteiger charge is -2.35. The van der Waals surface area contributed by atoms with E-state index in [1.54, 1.807) is 9.80 Å². The van der Waals surface area contributed by atoms with Crippen molar-refractivity contribution in [2.45, 2.75) is 32.7 Å². The minimum absolute atomic E-state index is 0.0999. The molecule has 0 radical (unpaired) electrons. The molecule has 27 heavy (non-hydrogen) atoms. The second kappa shape index (κ2) is 8.41. The van der Waals surface area contributed by atoms with E-state index in [2.05, 4.69) is 11.4 Å². The zero-order chi connectivity index (χ0) is 19.4. The van der Waals surface area contributed by atoms with Gasteiger partial charge in [0.05, 0.1) is 5.92 Å². The van der Waals surface area contributed by atoms with E-state index in [0.29, 0.717) is 26.1 Å². The van der Waals surface area contributed by atoms with Crippen LogP contribution in [0.15, 0.2) is 24.3 Å². The molecule has 2 aliphatic rings. The average Bonchev–Trinajstić information content (AvgIpc) is 2.66. The summed E-state index contributed by atoms with van der Waals surface area (Å²) in [5, 5.41) is 12.0. The SMILES string of the molecule is CC1CC(C(=O)O)CN(C(=O)CCNC(=O)N2CCc3ccccc3C2)C1. The number of aliphatic carboxylic acids is 1. The molecule has 1 saturated heterocycles. The fourth-order valence-corrected chi connectivity index (χ4v) is 3.95. The van der Waals surface area contributed by atoms with E-state index < -0.39 is 11.9 Å². The number of nitrogens with one attached hydrogen (secondary N) is 1. The lowest BCUT2D eigenvalue weighted by Crippen LogP contribution is -2.47. The van der Waals surface area contributed by atoms with Crippen molar-refractivity contribution >= 4 is 17.9 Å². The average molecular weight is 373 g/mol. The molecular formula is C20H27N3O4. The molecule has 0 spiro atoms. The smallest absolute Gasteiger partial charge is 0.317 e. The number of fused-ring (bicyclic) bond motifs is 1. The van der Waals surface area contributed by atoms with Crippen molar-refractivity contribution < 1.29 is 19.5 Å². The van der Waals surface area contributed by atoms with Crippen LogP contribution in [0.25, 0.3) is 0 Å². The van der Waals surface area contributed by atoms with Crippen molar-refractivity contribution in [2.75, 3.05) is 26.2 Å². The number of urea groups is 1. The van der Waals surface area contributed by atoms with Crippen molar-refractivity contribution in [3.63, 3.8) is 0 Å². The molecule has 7 nitrogen and oxygen atoms in total. The summed E-state index contributed by atoms with van der Waals surface area (Å²) in [5.41, 5.74) is 2.45. The topological polar surface area (TPSA) is 90.0 Å². The van der Waals surface area contributed by atoms with E-state index in [-0.39, 0.29) is 37.4 Å². The van der Waals surface area contributed by atoms with Crippen LogP contribution in [0.3, 0.4) is 0 Å². The number of carbonyl (C=O) groups excluding carboxylic acids is 2. The van der Waals surface area contributed by atoms with Gasteiger partial charge in [-0.1, -0.05) is 31.2 Å². The summed E-state index contributed by atoms with van der Waals surface area (Å²) in [6, 6.07) is 7.95. The van der Waals surface area contributed by atoms with Crippen molar-refractivity contribution in [2.24, 2.45) is 11.8 Å². The molecule has 2 unspecified atom stereocenters. The Labute approximate surface area is 159 Å². The first-order chi connectivity index (χ1) is 12.9. The molecule has 0 aliphatic carbocycles. The Morgan fingerprint density at radius 2 is 1.89 bits per heavy atom. The molecule has 146 valence electrons. The van der Waals surface area contributed by atoms with E-state index in [9.17, 15) is 19.5 Å². The zero-order valence-electron chi connectivity index (χ0n) is 15.7. The number of likely N-dealkylation sites (tertiary alicyclic amines) is 1. The predicted octanol–water partition coefficient (Wildman–Crippen LogP) is 1.71. The minimum atomic E-state index is -0.849. The molecule has 2 heterocycles. The van der Waals surface area contributed by atoms with Crippen molar-refractivity contribution in [1.82, 2.24) is 15.1 Å². The minimum Gasteiger partial charge on any atom is -0.481 e. The highest BCUT2D eigenvalue weighted by atomic mass is 16.4. The molecule has 0 bridgehead atoms. The van der Waals surface area contributed by atoms with E-state index in [0.717, 1.165) is 12.0 Å². The van der Waals surface area contributed by atoms with Crippen molar-refractivity contribution in [1.29, 1.82) is 0 Å². The number of carboxylic acids is 1. The van der Waals surface area contributed by atoms with Crippen LogP contribution < -0.4 is 5.32 Å². The Hall–Kier alpha value is -2.57. The maximum absolute atomic E-state index is 12.4. The van der Waals surface area contributed by atoms with Gasteiger partial charge in [0, 0.05) is 39.1 Å². The molecule has 1 aromatic rings. The summed E-state index contributed by atoms with van der Waals surface area (Å²) in [4.78, 5) is 39.4. The largest absolute Gasteiger partial charge is 0.481 e. The predicted molar refractivity (Wildman–Crippen MR) is 100 cm³/mol. The first kappa shape index (κ1) is 19.2. The van der Waals surface area contributed by atoms with Gasteiger partial charge < -0.3 is 20.2 Å². The van der Waals surface area contributed by atoms with Gasteiger partial charge in [0.25, 0.3) is 0 Å².